The van der Waals surface area contributed by atoms with Crippen molar-refractivity contribution in [1.82, 2.24) is 9.97 Å². The average Bonchev–Trinajstić information content (AvgIpc) is 2.23. The number of carbonyl (C=O) groups is 1. The molecule has 0 fully saturated rings. The van der Waals surface area contributed by atoms with Gasteiger partial charge in [-0.05, 0) is 33.3 Å². The summed E-state index contributed by atoms with van der Waals surface area (Å²) in [5, 5.41) is 3.03. The van der Waals surface area contributed by atoms with E-state index in [-0.39, 0.29) is 5.97 Å². The topological polar surface area (TPSA) is 64.1 Å². The van der Waals surface area contributed by atoms with E-state index in [9.17, 15) is 4.79 Å². The molecule has 0 aliphatic rings. The maximum Gasteiger partial charge on any atom is 0.306 e. The van der Waals surface area contributed by atoms with Crippen molar-refractivity contribution >= 4 is 11.9 Å². The van der Waals surface area contributed by atoms with E-state index < -0.39 is 5.60 Å². The molecular formula is C12H19N3O2. The average molecular weight is 237 g/mol. The summed E-state index contributed by atoms with van der Waals surface area (Å²) < 4.78 is 5.19. The Bertz CT molecular complexity index is 347. The van der Waals surface area contributed by atoms with Gasteiger partial charge in [0, 0.05) is 25.4 Å². The van der Waals surface area contributed by atoms with Crippen LogP contribution in [0.1, 0.15) is 33.6 Å². The first-order valence-electron chi connectivity index (χ1n) is 5.70. The summed E-state index contributed by atoms with van der Waals surface area (Å²) in [6.45, 7) is 6.24. The van der Waals surface area contributed by atoms with Gasteiger partial charge in [-0.15, -0.1) is 0 Å². The van der Waals surface area contributed by atoms with Crippen LogP contribution in [0.5, 0.6) is 0 Å². The number of esters is 1. The highest BCUT2D eigenvalue weighted by Crippen LogP contribution is 2.09. The smallest absolute Gasteiger partial charge is 0.306 e. The molecule has 0 aromatic carbocycles. The summed E-state index contributed by atoms with van der Waals surface area (Å²) in [5.41, 5.74) is -0.410. The van der Waals surface area contributed by atoms with Gasteiger partial charge in [0.05, 0.1) is 0 Å². The lowest BCUT2D eigenvalue weighted by atomic mass is 10.2. The standard InChI is InChI=1S/C12H19N3O2/c1-12(2,3)17-10(16)6-4-7-13-11-14-8-5-9-15-11/h5,8-9H,4,6-7H2,1-3H3,(H,13,14,15). The third-order valence-electron chi connectivity index (χ3n) is 1.83. The molecule has 0 aliphatic carbocycles. The van der Waals surface area contributed by atoms with Gasteiger partial charge in [0.1, 0.15) is 5.60 Å². The Kier molecular flexibility index (Phi) is 4.87. The van der Waals surface area contributed by atoms with Gasteiger partial charge in [0.15, 0.2) is 0 Å². The van der Waals surface area contributed by atoms with Crippen LogP contribution in [-0.4, -0.2) is 28.1 Å². The summed E-state index contributed by atoms with van der Waals surface area (Å²) in [4.78, 5) is 19.4. The van der Waals surface area contributed by atoms with Crippen LogP contribution in [0.2, 0.25) is 0 Å². The first-order chi connectivity index (χ1) is 7.97. The van der Waals surface area contributed by atoms with Gasteiger partial charge in [-0.25, -0.2) is 9.97 Å². The van der Waals surface area contributed by atoms with Crippen LogP contribution in [0.15, 0.2) is 18.5 Å². The van der Waals surface area contributed by atoms with Gasteiger partial charge in [-0.3, -0.25) is 4.79 Å². The van der Waals surface area contributed by atoms with E-state index in [1.165, 1.54) is 0 Å². The Morgan fingerprint density at radius 2 is 2.00 bits per heavy atom. The molecule has 5 heteroatoms. The van der Waals surface area contributed by atoms with Crippen LogP contribution in [0, 0.1) is 0 Å². The lowest BCUT2D eigenvalue weighted by Crippen LogP contribution is -2.24. The highest BCUT2D eigenvalue weighted by atomic mass is 16.6. The van der Waals surface area contributed by atoms with Gasteiger partial charge in [0.25, 0.3) is 0 Å². The van der Waals surface area contributed by atoms with Crippen molar-refractivity contribution in [3.8, 4) is 0 Å². The van der Waals surface area contributed by atoms with Crippen molar-refractivity contribution in [2.24, 2.45) is 0 Å². The van der Waals surface area contributed by atoms with E-state index in [0.29, 0.717) is 25.3 Å². The van der Waals surface area contributed by atoms with Crippen LogP contribution in [0.25, 0.3) is 0 Å². The number of nitrogens with zero attached hydrogens (tertiary/aromatic N) is 2. The predicted octanol–water partition coefficient (Wildman–Crippen LogP) is 2.01. The lowest BCUT2D eigenvalue weighted by molar-refractivity contribution is -0.154. The van der Waals surface area contributed by atoms with Crippen LogP contribution in [-0.2, 0) is 9.53 Å². The molecule has 0 aliphatic heterocycles. The number of ether oxygens (including phenoxy) is 1. The maximum absolute atomic E-state index is 11.4. The van der Waals surface area contributed by atoms with E-state index >= 15 is 0 Å². The van der Waals surface area contributed by atoms with Crippen molar-refractivity contribution in [2.75, 3.05) is 11.9 Å². The molecule has 1 heterocycles. The van der Waals surface area contributed by atoms with Gasteiger partial charge in [-0.1, -0.05) is 0 Å². The van der Waals surface area contributed by atoms with E-state index in [1.54, 1.807) is 18.5 Å². The van der Waals surface area contributed by atoms with Gasteiger partial charge < -0.3 is 10.1 Å². The second-order valence-electron chi connectivity index (χ2n) is 4.69. The second-order valence-corrected chi connectivity index (χ2v) is 4.69. The Hall–Kier alpha value is -1.65. The van der Waals surface area contributed by atoms with E-state index in [0.717, 1.165) is 0 Å². The van der Waals surface area contributed by atoms with E-state index in [2.05, 4.69) is 15.3 Å². The molecule has 17 heavy (non-hydrogen) atoms. The fraction of sp³-hybridized carbons (Fsp3) is 0.583. The largest absolute Gasteiger partial charge is 0.460 e. The number of rotatable bonds is 5. The number of nitrogens with one attached hydrogen (secondary N) is 1. The quantitative estimate of drug-likeness (QED) is 0.627. The number of hydrogen-bond donors (Lipinski definition) is 1. The molecule has 0 atom stereocenters. The summed E-state index contributed by atoms with van der Waals surface area (Å²) in [6.07, 6.45) is 4.44. The highest BCUT2D eigenvalue weighted by molar-refractivity contribution is 5.69. The zero-order valence-corrected chi connectivity index (χ0v) is 10.6. The molecule has 0 bridgehead atoms. The number of carbonyl (C=O) groups excluding carboxylic acids is 1. The molecule has 94 valence electrons. The third-order valence-corrected chi connectivity index (χ3v) is 1.83. The summed E-state index contributed by atoms with van der Waals surface area (Å²) in [7, 11) is 0. The molecule has 1 aromatic rings. The molecule has 0 radical (unpaired) electrons. The minimum atomic E-state index is -0.410. The predicted molar refractivity (Wildman–Crippen MR) is 65.6 cm³/mol. The summed E-state index contributed by atoms with van der Waals surface area (Å²) >= 11 is 0. The molecule has 0 saturated carbocycles. The van der Waals surface area contributed by atoms with E-state index in [4.69, 9.17) is 4.74 Å². The maximum atomic E-state index is 11.4. The minimum absolute atomic E-state index is 0.173. The second kappa shape index (κ2) is 6.18. The van der Waals surface area contributed by atoms with E-state index in [1.807, 2.05) is 20.8 Å². The molecule has 1 rings (SSSR count). The molecule has 1 N–H and O–H groups in total. The molecule has 0 spiro atoms. The Morgan fingerprint density at radius 1 is 1.35 bits per heavy atom. The first kappa shape index (κ1) is 13.4. The monoisotopic (exact) mass is 237 g/mol. The first-order valence-corrected chi connectivity index (χ1v) is 5.70. The summed E-state index contributed by atoms with van der Waals surface area (Å²) in [6, 6.07) is 1.76. The summed E-state index contributed by atoms with van der Waals surface area (Å²) in [5.74, 6) is 0.407. The molecular weight excluding hydrogens is 218 g/mol. The SMILES string of the molecule is CC(C)(C)OC(=O)CCCNc1ncccn1. The Morgan fingerprint density at radius 3 is 2.59 bits per heavy atom. The van der Waals surface area contributed by atoms with Crippen LogP contribution < -0.4 is 5.32 Å². The zero-order valence-electron chi connectivity index (χ0n) is 10.6. The van der Waals surface area contributed by atoms with Crippen LogP contribution in [0.3, 0.4) is 0 Å². The number of aromatic nitrogens is 2. The van der Waals surface area contributed by atoms with Gasteiger partial charge in [-0.2, -0.15) is 0 Å². The number of hydrogen-bond acceptors (Lipinski definition) is 5. The van der Waals surface area contributed by atoms with Crippen LogP contribution >= 0.6 is 0 Å². The van der Waals surface area contributed by atoms with Gasteiger partial charge in [0.2, 0.25) is 5.95 Å². The van der Waals surface area contributed by atoms with Crippen LogP contribution in [0.4, 0.5) is 5.95 Å². The van der Waals surface area contributed by atoms with Gasteiger partial charge >= 0.3 is 5.97 Å². The highest BCUT2D eigenvalue weighted by Gasteiger charge is 2.15. The molecule has 1 aromatic heterocycles. The fourth-order valence-electron chi connectivity index (χ4n) is 1.22. The fourth-order valence-corrected chi connectivity index (χ4v) is 1.22. The Labute approximate surface area is 102 Å². The molecule has 0 amide bonds. The van der Waals surface area contributed by atoms with Crippen molar-refractivity contribution in [3.05, 3.63) is 18.5 Å². The Balaban J connectivity index is 2.14. The molecule has 0 saturated heterocycles. The number of anilines is 1. The van der Waals surface area contributed by atoms with Crippen molar-refractivity contribution < 1.29 is 9.53 Å². The zero-order chi connectivity index (χ0) is 12.7. The van der Waals surface area contributed by atoms with Crippen molar-refractivity contribution in [2.45, 2.75) is 39.2 Å². The lowest BCUT2D eigenvalue weighted by Gasteiger charge is -2.19. The third kappa shape index (κ3) is 6.50. The minimum Gasteiger partial charge on any atom is -0.460 e. The normalized spacial score (nSPS) is 11.0. The van der Waals surface area contributed by atoms with Crippen molar-refractivity contribution in [1.29, 1.82) is 0 Å². The molecule has 5 nitrogen and oxygen atoms in total. The molecule has 0 unspecified atom stereocenters. The van der Waals surface area contributed by atoms with Crippen molar-refractivity contribution in [3.63, 3.8) is 0 Å².